The number of hydrogen-bond donors (Lipinski definition) is 1. The van der Waals surface area contributed by atoms with Crippen LogP contribution in [-0.2, 0) is 46.5 Å². The summed E-state index contributed by atoms with van der Waals surface area (Å²) in [6.07, 6.45) is -2.65. The van der Waals surface area contributed by atoms with Gasteiger partial charge in [0.1, 0.15) is 5.75 Å². The predicted molar refractivity (Wildman–Crippen MR) is 129 cm³/mol. The molecule has 0 saturated carbocycles. The highest BCUT2D eigenvalue weighted by molar-refractivity contribution is 8.09. The molecule has 0 aromatic heterocycles. The lowest BCUT2D eigenvalue weighted by Crippen LogP contribution is -2.55. The quantitative estimate of drug-likeness (QED) is 0.543. The van der Waals surface area contributed by atoms with Crippen LogP contribution in [0.25, 0.3) is 0 Å². The van der Waals surface area contributed by atoms with E-state index in [0.29, 0.717) is 22.9 Å². The molecule has 0 unspecified atom stereocenters. The fourth-order valence-electron chi connectivity index (χ4n) is 4.15. The molecular weight excluding hydrogens is 561 g/mol. The first-order valence-corrected chi connectivity index (χ1v) is 15.9. The highest BCUT2D eigenvalue weighted by atomic mass is 32.3. The van der Waals surface area contributed by atoms with E-state index in [1.807, 2.05) is 0 Å². The Morgan fingerprint density at radius 3 is 2.05 bits per heavy atom. The van der Waals surface area contributed by atoms with Crippen molar-refractivity contribution >= 4 is 41.3 Å². The van der Waals surface area contributed by atoms with Gasteiger partial charge in [0.25, 0.3) is 5.91 Å². The summed E-state index contributed by atoms with van der Waals surface area (Å²) in [5.74, 6) is -1.45. The fourth-order valence-corrected chi connectivity index (χ4v) is 9.30. The molecule has 2 aromatic rings. The molecule has 0 aliphatic carbocycles. The van der Waals surface area contributed by atoms with Gasteiger partial charge in [-0.25, -0.2) is 25.3 Å². The van der Waals surface area contributed by atoms with E-state index in [0.717, 1.165) is 31.6 Å². The van der Waals surface area contributed by atoms with Gasteiger partial charge >= 0.3 is 6.18 Å². The number of sulfonamides is 1. The Bertz CT molecular complexity index is 1550. The zero-order valence-electron chi connectivity index (χ0n) is 20.0. The Balaban J connectivity index is 2.12. The first-order chi connectivity index (χ1) is 16.7. The summed E-state index contributed by atoms with van der Waals surface area (Å²) < 4.78 is 119. The van der Waals surface area contributed by atoms with Gasteiger partial charge in [0.2, 0.25) is 14.1 Å². The summed E-state index contributed by atoms with van der Waals surface area (Å²) in [6, 6.07) is 6.18. The molecule has 1 aliphatic rings. The molecule has 16 heteroatoms. The third-order valence-electron chi connectivity index (χ3n) is 5.94. The zero-order valence-corrected chi connectivity index (χ0v) is 22.4. The molecule has 0 bridgehead atoms. The number of carbonyl (C=O) groups is 1. The maximum atomic E-state index is 13.3. The van der Waals surface area contributed by atoms with Gasteiger partial charge in [-0.2, -0.15) is 17.5 Å². The van der Waals surface area contributed by atoms with Crippen LogP contribution in [0.3, 0.4) is 0 Å². The van der Waals surface area contributed by atoms with Crippen molar-refractivity contribution in [3.63, 3.8) is 0 Å². The van der Waals surface area contributed by atoms with Gasteiger partial charge in [0.05, 0.1) is 25.5 Å². The molecule has 0 saturated heterocycles. The molecule has 1 N–H and O–H groups in total. The van der Waals surface area contributed by atoms with Crippen molar-refractivity contribution in [1.29, 1.82) is 0 Å². The third kappa shape index (κ3) is 5.32. The second-order valence-corrected chi connectivity index (χ2v) is 15.3. The number of rotatable bonds is 6. The molecule has 0 radical (unpaired) electrons. The number of halogens is 3. The largest absolute Gasteiger partial charge is 0.496 e. The number of methoxy groups -OCH3 is 1. The van der Waals surface area contributed by atoms with Crippen molar-refractivity contribution in [2.75, 3.05) is 37.7 Å². The van der Waals surface area contributed by atoms with Gasteiger partial charge in [0.15, 0.2) is 19.7 Å². The summed E-state index contributed by atoms with van der Waals surface area (Å²) in [5.41, 5.74) is -1.78. The summed E-state index contributed by atoms with van der Waals surface area (Å²) >= 11 is 0. The van der Waals surface area contributed by atoms with Crippen LogP contribution in [0.5, 0.6) is 5.75 Å². The Morgan fingerprint density at radius 2 is 1.57 bits per heavy atom. The van der Waals surface area contributed by atoms with Crippen LogP contribution in [0, 0.1) is 0 Å². The standard InChI is InChI=1S/C21H23F3N2O8S3/c1-34-18-8-5-13(10-17(18)21(22,23)24)19(27)25-15-6-7-16-14(9-15)11-26(37(4,32)33)12-20(16,35(2,28)29)36(3,30)31/h5-10H,11-12H2,1-4H3,(H,25,27). The van der Waals surface area contributed by atoms with E-state index in [2.05, 4.69) is 5.32 Å². The second kappa shape index (κ2) is 9.25. The number of alkyl halides is 3. The third-order valence-corrected chi connectivity index (χ3v) is 12.0. The lowest BCUT2D eigenvalue weighted by molar-refractivity contribution is -0.138. The molecule has 0 fully saturated rings. The van der Waals surface area contributed by atoms with E-state index in [1.165, 1.54) is 12.1 Å². The number of fused-ring (bicyclic) bond motifs is 1. The number of ether oxygens (including phenoxy) is 1. The maximum absolute atomic E-state index is 13.3. The highest BCUT2D eigenvalue weighted by Gasteiger charge is 2.57. The Labute approximate surface area is 212 Å². The average Bonchev–Trinajstić information content (AvgIpc) is 2.74. The molecule has 10 nitrogen and oxygen atoms in total. The average molecular weight is 585 g/mol. The fraction of sp³-hybridized carbons (Fsp3) is 0.381. The minimum absolute atomic E-state index is 0.0176. The van der Waals surface area contributed by atoms with Crippen LogP contribution in [0.2, 0.25) is 0 Å². The molecular formula is C21H23F3N2O8S3. The van der Waals surface area contributed by atoms with Crippen LogP contribution in [0.4, 0.5) is 18.9 Å². The number of amides is 1. The number of benzene rings is 2. The molecule has 0 atom stereocenters. The molecule has 204 valence electrons. The van der Waals surface area contributed by atoms with E-state index in [1.54, 1.807) is 0 Å². The topological polar surface area (TPSA) is 144 Å². The SMILES string of the molecule is COc1ccc(C(=O)Nc2ccc3c(c2)CN(S(C)(=O)=O)CC3(S(C)(=O)=O)S(C)(=O)=O)cc1C(F)(F)F. The first-order valence-electron chi connectivity index (χ1n) is 10.3. The number of carbonyl (C=O) groups excluding carboxylic acids is 1. The smallest absolute Gasteiger partial charge is 0.419 e. The summed E-state index contributed by atoms with van der Waals surface area (Å²) in [5, 5.41) is 2.37. The van der Waals surface area contributed by atoms with E-state index in [-0.39, 0.29) is 22.4 Å². The van der Waals surface area contributed by atoms with E-state index < -0.39 is 70.3 Å². The van der Waals surface area contributed by atoms with Crippen molar-refractivity contribution in [2.45, 2.75) is 16.8 Å². The van der Waals surface area contributed by atoms with Crippen molar-refractivity contribution in [2.24, 2.45) is 0 Å². The monoisotopic (exact) mass is 584 g/mol. The Kier molecular flexibility index (Phi) is 7.22. The maximum Gasteiger partial charge on any atom is 0.419 e. The molecule has 1 heterocycles. The van der Waals surface area contributed by atoms with Crippen molar-refractivity contribution in [3.8, 4) is 5.75 Å². The molecule has 1 amide bonds. The van der Waals surface area contributed by atoms with Crippen LogP contribution >= 0.6 is 0 Å². The predicted octanol–water partition coefficient (Wildman–Crippen LogP) is 1.98. The Hall–Kier alpha value is -2.69. The number of nitrogens with one attached hydrogen (secondary N) is 1. The second-order valence-electron chi connectivity index (χ2n) is 8.57. The van der Waals surface area contributed by atoms with Crippen molar-refractivity contribution in [3.05, 3.63) is 58.7 Å². The van der Waals surface area contributed by atoms with Gasteiger partial charge in [-0.05, 0) is 41.5 Å². The summed E-state index contributed by atoms with van der Waals surface area (Å²) in [7, 11) is -11.9. The number of sulfone groups is 2. The number of nitrogens with zero attached hydrogens (tertiary/aromatic N) is 1. The van der Waals surface area contributed by atoms with Gasteiger partial charge < -0.3 is 10.1 Å². The summed E-state index contributed by atoms with van der Waals surface area (Å²) in [4.78, 5) is 12.7. The van der Waals surface area contributed by atoms with E-state index in [9.17, 15) is 43.2 Å². The molecule has 3 rings (SSSR count). The van der Waals surface area contributed by atoms with Crippen LogP contribution < -0.4 is 10.1 Å². The molecule has 1 aliphatic heterocycles. The lowest BCUT2D eigenvalue weighted by Gasteiger charge is -2.40. The highest BCUT2D eigenvalue weighted by Crippen LogP contribution is 2.44. The van der Waals surface area contributed by atoms with Crippen LogP contribution in [-0.4, -0.2) is 67.9 Å². The van der Waals surface area contributed by atoms with E-state index >= 15 is 0 Å². The molecule has 0 spiro atoms. The summed E-state index contributed by atoms with van der Waals surface area (Å²) in [6.45, 7) is -1.26. The van der Waals surface area contributed by atoms with Crippen LogP contribution in [0.1, 0.15) is 27.0 Å². The van der Waals surface area contributed by atoms with Crippen molar-refractivity contribution in [1.82, 2.24) is 4.31 Å². The van der Waals surface area contributed by atoms with Gasteiger partial charge in [0, 0.05) is 30.3 Å². The lowest BCUT2D eigenvalue weighted by atomic mass is 9.99. The Morgan fingerprint density at radius 1 is 0.973 bits per heavy atom. The molecule has 2 aromatic carbocycles. The zero-order chi connectivity index (χ0) is 28.2. The van der Waals surface area contributed by atoms with Gasteiger partial charge in [-0.15, -0.1) is 0 Å². The van der Waals surface area contributed by atoms with E-state index in [4.69, 9.17) is 4.74 Å². The number of anilines is 1. The van der Waals surface area contributed by atoms with Gasteiger partial charge in [-0.1, -0.05) is 6.07 Å². The van der Waals surface area contributed by atoms with Gasteiger partial charge in [-0.3, -0.25) is 4.79 Å². The van der Waals surface area contributed by atoms with Crippen molar-refractivity contribution < 1.29 is 48.0 Å². The minimum atomic E-state index is -4.80. The number of hydrogen-bond acceptors (Lipinski definition) is 8. The first kappa shape index (κ1) is 28.9. The molecule has 37 heavy (non-hydrogen) atoms. The van der Waals surface area contributed by atoms with Crippen LogP contribution in [0.15, 0.2) is 36.4 Å². The normalized spacial score (nSPS) is 16.6. The minimum Gasteiger partial charge on any atom is -0.496 e.